The topological polar surface area (TPSA) is 152 Å². The highest BCUT2D eigenvalue weighted by Gasteiger charge is 2.32. The molecule has 2 saturated heterocycles. The standard InChI is InChI=1S/C39H42N10O4/c1-45(2)37(52)31-21-26-22-41-38(44-35(26)48(31)27-8-4-5-9-27)42-32-15-13-28(23-40-32)47-19-17-24(18-20-47)11-12-25-7-6-10-29-34(25)46(3)39(53)49(29)30-14-16-33(50)43-36(30)51/h6-7,10,13,15,21-24,27,30H,4-5,8-9,14,16-20H2,1-3H3,(H,43,50,51)(H,40,41,42,44)/t30-/m0/s1. The zero-order valence-corrected chi connectivity index (χ0v) is 30.1. The SMILES string of the molecule is CN(C)C(=O)c1cc2cnc(Nc3ccc(N4CCC(C#Cc5cccc6c5n(C)c(=O)n6[C@H]5CCC(=O)NC5=O)CC4)cn3)nc2n1C1CCCC1. The van der Waals surface area contributed by atoms with E-state index in [2.05, 4.69) is 41.9 Å². The van der Waals surface area contributed by atoms with Gasteiger partial charge in [0.15, 0.2) is 0 Å². The maximum absolute atomic E-state index is 13.3. The van der Waals surface area contributed by atoms with Crippen LogP contribution in [-0.2, 0) is 16.6 Å². The van der Waals surface area contributed by atoms with Crippen molar-refractivity contribution in [2.75, 3.05) is 37.4 Å². The summed E-state index contributed by atoms with van der Waals surface area (Å²) in [6, 6.07) is 11.0. The van der Waals surface area contributed by atoms with Gasteiger partial charge < -0.3 is 19.7 Å². The summed E-state index contributed by atoms with van der Waals surface area (Å²) >= 11 is 0. The third-order valence-corrected chi connectivity index (χ3v) is 10.8. The van der Waals surface area contributed by atoms with Crippen molar-refractivity contribution in [2.45, 2.75) is 63.5 Å². The third kappa shape index (κ3) is 6.41. The Balaban J connectivity index is 0.936. The first-order valence-corrected chi connectivity index (χ1v) is 18.3. The molecule has 1 atom stereocenters. The lowest BCUT2D eigenvalue weighted by molar-refractivity contribution is -0.135. The van der Waals surface area contributed by atoms with E-state index >= 15 is 0 Å². The summed E-state index contributed by atoms with van der Waals surface area (Å²) in [7, 11) is 5.23. The Kier molecular flexibility index (Phi) is 8.93. The minimum atomic E-state index is -0.734. The number of imide groups is 1. The van der Waals surface area contributed by atoms with Gasteiger partial charge in [-0.3, -0.25) is 28.8 Å². The molecule has 2 aliphatic heterocycles. The van der Waals surface area contributed by atoms with E-state index in [9.17, 15) is 19.2 Å². The molecular formula is C39H42N10O4. The molecule has 1 aliphatic carbocycles. The fourth-order valence-electron chi connectivity index (χ4n) is 7.99. The Hall–Kier alpha value is -5.97. The van der Waals surface area contributed by atoms with Gasteiger partial charge in [-0.25, -0.2) is 14.8 Å². The quantitative estimate of drug-likeness (QED) is 0.194. The van der Waals surface area contributed by atoms with Crippen LogP contribution in [0.15, 0.2) is 53.6 Å². The van der Waals surface area contributed by atoms with Crippen molar-refractivity contribution in [2.24, 2.45) is 13.0 Å². The Morgan fingerprint density at radius 2 is 1.75 bits per heavy atom. The number of pyridine rings is 1. The fraction of sp³-hybridized carbons (Fsp3) is 0.410. The maximum atomic E-state index is 13.3. The van der Waals surface area contributed by atoms with E-state index in [0.717, 1.165) is 73.9 Å². The largest absolute Gasteiger partial charge is 0.370 e. The van der Waals surface area contributed by atoms with Gasteiger partial charge in [0.25, 0.3) is 5.91 Å². The molecule has 0 unspecified atom stereocenters. The lowest BCUT2D eigenvalue weighted by Gasteiger charge is -2.31. The molecule has 2 N–H and O–H groups in total. The minimum Gasteiger partial charge on any atom is -0.370 e. The summed E-state index contributed by atoms with van der Waals surface area (Å²) in [6.45, 7) is 1.66. The number of amides is 3. The van der Waals surface area contributed by atoms with Crippen LogP contribution in [0.1, 0.15) is 79.5 Å². The molecule has 0 bridgehead atoms. The van der Waals surface area contributed by atoms with Crippen LogP contribution in [-0.4, -0.2) is 78.5 Å². The number of rotatable bonds is 6. The molecule has 272 valence electrons. The number of hydrogen-bond donors (Lipinski definition) is 2. The summed E-state index contributed by atoms with van der Waals surface area (Å²) in [5, 5.41) is 6.46. The van der Waals surface area contributed by atoms with Gasteiger partial charge in [-0.05, 0) is 62.4 Å². The highest BCUT2D eigenvalue weighted by atomic mass is 16.2. The monoisotopic (exact) mass is 714 g/mol. The first-order chi connectivity index (χ1) is 25.7. The zero-order valence-electron chi connectivity index (χ0n) is 30.1. The average molecular weight is 715 g/mol. The summed E-state index contributed by atoms with van der Waals surface area (Å²) in [4.78, 5) is 68.6. The fourth-order valence-corrected chi connectivity index (χ4v) is 7.99. The number of imidazole rings is 1. The second kappa shape index (κ2) is 13.9. The molecule has 3 amide bonds. The van der Waals surface area contributed by atoms with Crippen LogP contribution >= 0.6 is 0 Å². The second-order valence-electron chi connectivity index (χ2n) is 14.4. The number of para-hydroxylation sites is 1. The number of benzene rings is 1. The van der Waals surface area contributed by atoms with Crippen molar-refractivity contribution in [1.82, 2.24) is 38.9 Å². The van der Waals surface area contributed by atoms with Crippen molar-refractivity contribution in [3.63, 3.8) is 0 Å². The Bertz CT molecular complexity index is 2360. The van der Waals surface area contributed by atoms with Crippen LogP contribution in [0.2, 0.25) is 0 Å². The van der Waals surface area contributed by atoms with E-state index < -0.39 is 11.9 Å². The smallest absolute Gasteiger partial charge is 0.329 e. The van der Waals surface area contributed by atoms with Gasteiger partial charge in [-0.2, -0.15) is 4.98 Å². The Morgan fingerprint density at radius 3 is 2.47 bits per heavy atom. The predicted octanol–water partition coefficient (Wildman–Crippen LogP) is 4.29. The molecule has 3 fully saturated rings. The highest BCUT2D eigenvalue weighted by molar-refractivity contribution is 6.00. The number of anilines is 3. The normalized spacial score (nSPS) is 18.3. The number of carbonyl (C=O) groups is 3. The molecule has 14 heteroatoms. The second-order valence-corrected chi connectivity index (χ2v) is 14.4. The number of aromatic nitrogens is 6. The lowest BCUT2D eigenvalue weighted by Crippen LogP contribution is -2.44. The number of fused-ring (bicyclic) bond motifs is 2. The van der Waals surface area contributed by atoms with Gasteiger partial charge in [0.2, 0.25) is 17.8 Å². The van der Waals surface area contributed by atoms with Crippen molar-refractivity contribution in [3.05, 3.63) is 70.5 Å². The molecule has 1 saturated carbocycles. The van der Waals surface area contributed by atoms with Crippen LogP contribution in [0.3, 0.4) is 0 Å². The van der Waals surface area contributed by atoms with Crippen LogP contribution < -0.4 is 21.2 Å². The van der Waals surface area contributed by atoms with E-state index in [4.69, 9.17) is 4.98 Å². The number of piperidine rings is 2. The summed E-state index contributed by atoms with van der Waals surface area (Å²) in [6.07, 6.45) is 10.2. The van der Waals surface area contributed by atoms with Crippen molar-refractivity contribution in [1.29, 1.82) is 0 Å². The van der Waals surface area contributed by atoms with Crippen molar-refractivity contribution in [3.8, 4) is 11.8 Å². The van der Waals surface area contributed by atoms with Gasteiger partial charge >= 0.3 is 5.69 Å². The molecule has 0 spiro atoms. The van der Waals surface area contributed by atoms with Gasteiger partial charge in [-0.1, -0.05) is 30.7 Å². The van der Waals surface area contributed by atoms with Crippen molar-refractivity contribution < 1.29 is 14.4 Å². The van der Waals surface area contributed by atoms with Crippen LogP contribution in [0.4, 0.5) is 17.5 Å². The van der Waals surface area contributed by atoms with E-state index in [1.165, 1.54) is 4.57 Å². The van der Waals surface area contributed by atoms with E-state index in [1.807, 2.05) is 42.6 Å². The first-order valence-electron chi connectivity index (χ1n) is 18.3. The predicted molar refractivity (Wildman–Crippen MR) is 201 cm³/mol. The van der Waals surface area contributed by atoms with Crippen LogP contribution in [0, 0.1) is 17.8 Å². The number of nitrogens with zero attached hydrogens (tertiary/aromatic N) is 8. The number of nitrogens with one attached hydrogen (secondary N) is 2. The number of aryl methyl sites for hydroxylation is 1. The summed E-state index contributed by atoms with van der Waals surface area (Å²) in [5.41, 5.74) is 4.18. The maximum Gasteiger partial charge on any atom is 0.329 e. The molecule has 3 aliphatic rings. The third-order valence-electron chi connectivity index (χ3n) is 10.8. The zero-order chi connectivity index (χ0) is 36.8. The molecule has 14 nitrogen and oxygen atoms in total. The Morgan fingerprint density at radius 1 is 0.962 bits per heavy atom. The molecule has 5 aromatic rings. The van der Waals surface area contributed by atoms with Crippen LogP contribution in [0.5, 0.6) is 0 Å². The van der Waals surface area contributed by atoms with Gasteiger partial charge in [0.1, 0.15) is 23.2 Å². The van der Waals surface area contributed by atoms with Gasteiger partial charge in [0, 0.05) is 64.2 Å². The van der Waals surface area contributed by atoms with E-state index in [0.29, 0.717) is 28.5 Å². The molecule has 1 aromatic carbocycles. The Labute approximate surface area is 306 Å². The van der Waals surface area contributed by atoms with Gasteiger partial charge in [0.05, 0.1) is 28.5 Å². The lowest BCUT2D eigenvalue weighted by atomic mass is 9.96. The molecule has 53 heavy (non-hydrogen) atoms. The number of hydrogen-bond acceptors (Lipinski definition) is 9. The minimum absolute atomic E-state index is 0.0392. The van der Waals surface area contributed by atoms with E-state index in [-0.39, 0.29) is 42.3 Å². The molecule has 8 rings (SSSR count). The summed E-state index contributed by atoms with van der Waals surface area (Å²) in [5.74, 6) is 7.23. The molecule has 6 heterocycles. The van der Waals surface area contributed by atoms with Gasteiger partial charge in [-0.15, -0.1) is 0 Å². The summed E-state index contributed by atoms with van der Waals surface area (Å²) < 4.78 is 5.13. The first kappa shape index (κ1) is 34.1. The number of carbonyl (C=O) groups excluding carboxylic acids is 3. The highest BCUT2D eigenvalue weighted by Crippen LogP contribution is 2.35. The van der Waals surface area contributed by atoms with Crippen molar-refractivity contribution >= 4 is 57.2 Å². The van der Waals surface area contributed by atoms with E-state index in [1.54, 1.807) is 36.8 Å². The molecule has 0 radical (unpaired) electrons. The molecular weight excluding hydrogens is 672 g/mol. The van der Waals surface area contributed by atoms with Crippen LogP contribution in [0.25, 0.3) is 22.1 Å². The molecule has 4 aromatic heterocycles. The average Bonchev–Trinajstić information content (AvgIpc) is 3.88.